The minimum absolute atomic E-state index is 0.0362. The van der Waals surface area contributed by atoms with Crippen LogP contribution in [0.5, 0.6) is 5.75 Å². The Hall–Kier alpha value is -3.31. The summed E-state index contributed by atoms with van der Waals surface area (Å²) in [5, 5.41) is 21.9. The number of nitrogen functional groups attached to an aromatic ring is 1. The SMILES string of the molecule is CCCOc1ccc(N2CCN(C[C@@](C)(O)c3ccc(N)nc3)C[C@H]2c2ccc(Cl)cc2)c(C#N)c1. The zero-order valence-electron chi connectivity index (χ0n) is 20.7. The maximum Gasteiger partial charge on any atom is 0.123 e. The molecule has 1 fully saturated rings. The molecule has 4 rings (SSSR count). The molecule has 2 heterocycles. The minimum atomic E-state index is -1.09. The predicted molar refractivity (Wildman–Crippen MR) is 143 cm³/mol. The quantitative estimate of drug-likeness (QED) is 0.455. The van der Waals surface area contributed by atoms with Gasteiger partial charge < -0.3 is 20.5 Å². The van der Waals surface area contributed by atoms with Crippen LogP contribution in [0.2, 0.25) is 5.02 Å². The minimum Gasteiger partial charge on any atom is -0.494 e. The molecule has 0 saturated carbocycles. The van der Waals surface area contributed by atoms with Crippen LogP contribution in [-0.2, 0) is 5.60 Å². The molecule has 7 nitrogen and oxygen atoms in total. The molecule has 0 spiro atoms. The van der Waals surface area contributed by atoms with Gasteiger partial charge in [0, 0.05) is 43.0 Å². The van der Waals surface area contributed by atoms with Gasteiger partial charge in [-0.15, -0.1) is 0 Å². The van der Waals surface area contributed by atoms with Gasteiger partial charge in [0.05, 0.1) is 23.9 Å². The Kier molecular flexibility index (Phi) is 8.00. The third-order valence-corrected chi connectivity index (χ3v) is 6.78. The number of pyridine rings is 1. The van der Waals surface area contributed by atoms with E-state index in [2.05, 4.69) is 27.8 Å². The van der Waals surface area contributed by atoms with Crippen LogP contribution in [0.3, 0.4) is 0 Å². The largest absolute Gasteiger partial charge is 0.494 e. The molecule has 1 aliphatic heterocycles. The number of anilines is 2. The van der Waals surface area contributed by atoms with Crippen molar-refractivity contribution in [1.82, 2.24) is 9.88 Å². The van der Waals surface area contributed by atoms with Gasteiger partial charge in [0.25, 0.3) is 0 Å². The molecule has 3 N–H and O–H groups in total. The highest BCUT2D eigenvalue weighted by molar-refractivity contribution is 6.30. The van der Waals surface area contributed by atoms with Gasteiger partial charge in [-0.2, -0.15) is 5.26 Å². The lowest BCUT2D eigenvalue weighted by Crippen LogP contribution is -2.52. The third-order valence-electron chi connectivity index (χ3n) is 6.53. The van der Waals surface area contributed by atoms with Crippen LogP contribution in [0, 0.1) is 11.3 Å². The lowest BCUT2D eigenvalue weighted by atomic mass is 9.94. The molecule has 0 unspecified atom stereocenters. The van der Waals surface area contributed by atoms with E-state index in [9.17, 15) is 10.4 Å². The molecule has 2 atom stereocenters. The molecule has 3 aromatic rings. The molecule has 2 aromatic carbocycles. The van der Waals surface area contributed by atoms with E-state index in [0.717, 1.165) is 29.8 Å². The average Bonchev–Trinajstić information content (AvgIpc) is 2.88. The third kappa shape index (κ3) is 5.90. The van der Waals surface area contributed by atoms with Crippen LogP contribution in [0.4, 0.5) is 11.5 Å². The van der Waals surface area contributed by atoms with E-state index >= 15 is 0 Å². The van der Waals surface area contributed by atoms with Gasteiger partial charge in [-0.1, -0.05) is 36.7 Å². The Bertz CT molecular complexity index is 1210. The second-order valence-corrected chi connectivity index (χ2v) is 9.82. The zero-order chi connectivity index (χ0) is 25.7. The highest BCUT2D eigenvalue weighted by Crippen LogP contribution is 2.36. The lowest BCUT2D eigenvalue weighted by molar-refractivity contribution is 0.0100. The van der Waals surface area contributed by atoms with E-state index in [1.54, 1.807) is 19.2 Å². The van der Waals surface area contributed by atoms with Crippen LogP contribution in [-0.4, -0.2) is 47.8 Å². The highest BCUT2D eigenvalue weighted by Gasteiger charge is 2.34. The lowest BCUT2D eigenvalue weighted by Gasteiger charge is -2.45. The molecule has 8 heteroatoms. The molecule has 1 aliphatic rings. The number of nitrogens with zero attached hydrogens (tertiary/aromatic N) is 4. The summed E-state index contributed by atoms with van der Waals surface area (Å²) >= 11 is 6.18. The van der Waals surface area contributed by atoms with Crippen LogP contribution in [0.15, 0.2) is 60.8 Å². The van der Waals surface area contributed by atoms with Gasteiger partial charge in [-0.25, -0.2) is 4.98 Å². The first-order valence-electron chi connectivity index (χ1n) is 12.2. The average molecular weight is 506 g/mol. The number of nitriles is 1. The van der Waals surface area contributed by atoms with E-state index in [1.165, 1.54) is 0 Å². The summed E-state index contributed by atoms with van der Waals surface area (Å²) in [6.45, 7) is 6.97. The zero-order valence-corrected chi connectivity index (χ0v) is 21.4. The number of hydrogen-bond acceptors (Lipinski definition) is 7. The van der Waals surface area contributed by atoms with Crippen LogP contribution in [0.25, 0.3) is 0 Å². The van der Waals surface area contributed by atoms with Crippen molar-refractivity contribution >= 4 is 23.1 Å². The van der Waals surface area contributed by atoms with Gasteiger partial charge >= 0.3 is 0 Å². The van der Waals surface area contributed by atoms with Crippen molar-refractivity contribution in [3.63, 3.8) is 0 Å². The first kappa shape index (κ1) is 25.8. The van der Waals surface area contributed by atoms with Gasteiger partial charge in [-0.05, 0) is 55.3 Å². The number of benzene rings is 2. The number of halogens is 1. The van der Waals surface area contributed by atoms with Crippen LogP contribution < -0.4 is 15.4 Å². The van der Waals surface area contributed by atoms with Crippen molar-refractivity contribution in [3.05, 3.63) is 82.5 Å². The second kappa shape index (κ2) is 11.2. The van der Waals surface area contributed by atoms with Gasteiger partial charge in [-0.3, -0.25) is 4.90 Å². The smallest absolute Gasteiger partial charge is 0.123 e. The monoisotopic (exact) mass is 505 g/mol. The van der Waals surface area contributed by atoms with Crippen molar-refractivity contribution in [2.75, 3.05) is 43.4 Å². The summed E-state index contributed by atoms with van der Waals surface area (Å²) in [6.07, 6.45) is 2.53. The summed E-state index contributed by atoms with van der Waals surface area (Å²) in [5.41, 5.74) is 7.89. The predicted octanol–water partition coefficient (Wildman–Crippen LogP) is 4.75. The summed E-state index contributed by atoms with van der Waals surface area (Å²) in [5.74, 6) is 1.12. The van der Waals surface area contributed by atoms with Gasteiger partial charge in [0.1, 0.15) is 23.2 Å². The van der Waals surface area contributed by atoms with Crippen LogP contribution in [0.1, 0.15) is 43.0 Å². The van der Waals surface area contributed by atoms with Crippen molar-refractivity contribution in [2.45, 2.75) is 31.9 Å². The second-order valence-electron chi connectivity index (χ2n) is 9.38. The highest BCUT2D eigenvalue weighted by atomic mass is 35.5. The fourth-order valence-corrected chi connectivity index (χ4v) is 4.78. The molecule has 188 valence electrons. The van der Waals surface area contributed by atoms with Crippen molar-refractivity contribution in [3.8, 4) is 11.8 Å². The molecule has 0 bridgehead atoms. The van der Waals surface area contributed by atoms with Crippen LogP contribution >= 0.6 is 11.6 Å². The van der Waals surface area contributed by atoms with E-state index < -0.39 is 5.60 Å². The Balaban J connectivity index is 1.62. The molecule has 1 saturated heterocycles. The van der Waals surface area contributed by atoms with E-state index in [4.69, 9.17) is 22.1 Å². The topological polar surface area (TPSA) is 98.6 Å². The Morgan fingerprint density at radius 1 is 1.19 bits per heavy atom. The van der Waals surface area contributed by atoms with E-state index in [1.807, 2.05) is 48.5 Å². The normalized spacial score (nSPS) is 17.9. The Morgan fingerprint density at radius 2 is 1.97 bits per heavy atom. The number of aromatic nitrogens is 1. The van der Waals surface area contributed by atoms with Gasteiger partial charge in [0.15, 0.2) is 0 Å². The van der Waals surface area contributed by atoms with E-state index in [-0.39, 0.29) is 6.04 Å². The summed E-state index contributed by atoms with van der Waals surface area (Å²) in [6, 6.07) is 19.4. The van der Waals surface area contributed by atoms with Crippen molar-refractivity contribution in [1.29, 1.82) is 5.26 Å². The molecule has 0 amide bonds. The number of piperazine rings is 1. The molecular formula is C28H32ClN5O2. The number of aliphatic hydroxyl groups is 1. The number of nitrogens with two attached hydrogens (primary N) is 1. The maximum absolute atomic E-state index is 11.3. The Labute approximate surface area is 217 Å². The number of rotatable bonds is 8. The number of ether oxygens (including phenoxy) is 1. The summed E-state index contributed by atoms with van der Waals surface area (Å²) in [4.78, 5) is 8.66. The molecule has 36 heavy (non-hydrogen) atoms. The number of β-amino-alcohol motifs (C(OH)–C–C–N with tert-alkyl or cyclic N) is 1. The molecule has 0 radical (unpaired) electrons. The molecule has 1 aromatic heterocycles. The molecular weight excluding hydrogens is 474 g/mol. The first-order chi connectivity index (χ1) is 17.3. The molecule has 0 aliphatic carbocycles. The standard InChI is InChI=1S/C28H32ClN5O2/c1-3-14-36-24-9-10-25(21(15-24)16-30)34-13-12-33(18-26(34)20-4-7-23(29)8-5-20)19-28(2,35)22-6-11-27(31)32-17-22/h4-11,15,17,26,35H,3,12-14,18-19H2,1-2H3,(H2,31,32)/t26-,28+/m0/s1. The van der Waals surface area contributed by atoms with Crippen molar-refractivity contribution in [2.24, 2.45) is 0 Å². The fraction of sp³-hybridized carbons (Fsp3) is 0.357. The Morgan fingerprint density at radius 3 is 2.64 bits per heavy atom. The van der Waals surface area contributed by atoms with Crippen molar-refractivity contribution < 1.29 is 9.84 Å². The summed E-state index contributed by atoms with van der Waals surface area (Å²) < 4.78 is 5.75. The maximum atomic E-state index is 11.3. The number of hydrogen-bond donors (Lipinski definition) is 2. The summed E-state index contributed by atoms with van der Waals surface area (Å²) in [7, 11) is 0. The van der Waals surface area contributed by atoms with E-state index in [0.29, 0.717) is 48.4 Å². The van der Waals surface area contributed by atoms with Gasteiger partial charge in [0.2, 0.25) is 0 Å². The first-order valence-corrected chi connectivity index (χ1v) is 12.5. The fourth-order valence-electron chi connectivity index (χ4n) is 4.66.